The first-order valence-electron chi connectivity index (χ1n) is 8.91. The fourth-order valence-electron chi connectivity index (χ4n) is 2.67. The van der Waals surface area contributed by atoms with Gasteiger partial charge in [0.25, 0.3) is 0 Å². The Hall–Kier alpha value is -2.73. The van der Waals surface area contributed by atoms with Gasteiger partial charge in [0.05, 0.1) is 12.1 Å². The highest BCUT2D eigenvalue weighted by atomic mass is 16.4. The van der Waals surface area contributed by atoms with Crippen molar-refractivity contribution in [3.8, 4) is 0 Å². The van der Waals surface area contributed by atoms with Crippen LogP contribution in [0, 0.1) is 0 Å². The summed E-state index contributed by atoms with van der Waals surface area (Å²) in [5.74, 6) is -4.13. The second kappa shape index (κ2) is 11.2. The number of carboxylic acid groups (broad SMARTS) is 1. The Morgan fingerprint density at radius 3 is 2.36 bits per heavy atom. The van der Waals surface area contributed by atoms with Gasteiger partial charge in [-0.25, -0.2) is 0 Å². The number of aliphatic hydroxyl groups excluding tert-OH is 1. The molecule has 0 aromatic carbocycles. The maximum absolute atomic E-state index is 12.5. The fraction of sp³-hybridized carbons (Fsp3) is 0.688. The van der Waals surface area contributed by atoms with Crippen LogP contribution in [-0.2, 0) is 24.0 Å². The van der Waals surface area contributed by atoms with Gasteiger partial charge in [0, 0.05) is 6.42 Å². The maximum atomic E-state index is 12.5. The number of nitrogens with two attached hydrogens (primary N) is 1. The van der Waals surface area contributed by atoms with Gasteiger partial charge >= 0.3 is 5.97 Å². The van der Waals surface area contributed by atoms with Crippen molar-refractivity contribution in [3.63, 3.8) is 0 Å². The van der Waals surface area contributed by atoms with E-state index in [1.54, 1.807) is 0 Å². The Kier molecular flexibility index (Phi) is 9.32. The van der Waals surface area contributed by atoms with Crippen LogP contribution >= 0.6 is 0 Å². The molecule has 4 atom stereocenters. The molecule has 8 N–H and O–H groups in total. The van der Waals surface area contributed by atoms with E-state index in [1.807, 2.05) is 0 Å². The van der Waals surface area contributed by atoms with Crippen LogP contribution < -0.4 is 27.0 Å². The smallest absolute Gasteiger partial charge is 0.322 e. The first-order chi connectivity index (χ1) is 13.1. The van der Waals surface area contributed by atoms with Crippen molar-refractivity contribution in [2.75, 3.05) is 13.1 Å². The number of primary amides is 1. The van der Waals surface area contributed by atoms with Crippen LogP contribution in [0.2, 0.25) is 0 Å². The SMILES string of the molecule is CC(O)C(NC(=O)C1CCCN1)C(=O)NC(CCC(N)=O)C(=O)NCC(=O)O. The van der Waals surface area contributed by atoms with Crippen molar-refractivity contribution in [3.05, 3.63) is 0 Å². The van der Waals surface area contributed by atoms with Gasteiger partial charge in [-0.3, -0.25) is 24.0 Å². The number of aliphatic carboxylic acids is 1. The molecule has 0 aliphatic carbocycles. The van der Waals surface area contributed by atoms with Crippen molar-refractivity contribution in [2.24, 2.45) is 5.73 Å². The molecular formula is C16H27N5O7. The molecule has 28 heavy (non-hydrogen) atoms. The highest BCUT2D eigenvalue weighted by Crippen LogP contribution is 2.06. The third-order valence-electron chi connectivity index (χ3n) is 4.17. The van der Waals surface area contributed by atoms with E-state index in [0.717, 1.165) is 6.42 Å². The summed E-state index contributed by atoms with van der Waals surface area (Å²) < 4.78 is 0. The van der Waals surface area contributed by atoms with Gasteiger partial charge in [-0.2, -0.15) is 0 Å². The van der Waals surface area contributed by atoms with Crippen LogP contribution in [0.25, 0.3) is 0 Å². The molecule has 12 nitrogen and oxygen atoms in total. The largest absolute Gasteiger partial charge is 0.480 e. The number of hydrogen-bond donors (Lipinski definition) is 7. The van der Waals surface area contributed by atoms with Gasteiger partial charge in [-0.05, 0) is 32.7 Å². The topological polar surface area (TPSA) is 200 Å². The second-order valence-electron chi connectivity index (χ2n) is 6.55. The Balaban J connectivity index is 2.78. The standard InChI is InChI=1S/C16H27N5O7/c1-8(22)13(21-15(27)9-3-2-6-18-9)16(28)20-10(4-5-11(17)23)14(26)19-7-12(24)25/h8-10,13,18,22H,2-7H2,1H3,(H2,17,23)(H,19,26)(H,20,28)(H,21,27)(H,24,25). The van der Waals surface area contributed by atoms with Gasteiger partial charge in [0.1, 0.15) is 18.6 Å². The van der Waals surface area contributed by atoms with E-state index in [9.17, 15) is 29.1 Å². The lowest BCUT2D eigenvalue weighted by atomic mass is 10.1. The summed E-state index contributed by atoms with van der Waals surface area (Å²) in [6, 6.07) is -3.07. The van der Waals surface area contributed by atoms with Crippen LogP contribution in [-0.4, -0.2) is 77.1 Å². The van der Waals surface area contributed by atoms with E-state index in [-0.39, 0.29) is 12.8 Å². The number of nitrogens with one attached hydrogen (secondary N) is 4. The summed E-state index contributed by atoms with van der Waals surface area (Å²) in [4.78, 5) is 58.4. The highest BCUT2D eigenvalue weighted by molar-refractivity contribution is 5.94. The van der Waals surface area contributed by atoms with Gasteiger partial charge in [-0.1, -0.05) is 0 Å². The summed E-state index contributed by atoms with van der Waals surface area (Å²) in [6.07, 6.45) is -0.258. The first kappa shape index (κ1) is 23.3. The summed E-state index contributed by atoms with van der Waals surface area (Å²) in [7, 11) is 0. The monoisotopic (exact) mass is 401 g/mol. The second-order valence-corrected chi connectivity index (χ2v) is 6.55. The van der Waals surface area contributed by atoms with Crippen molar-refractivity contribution in [1.29, 1.82) is 0 Å². The van der Waals surface area contributed by atoms with E-state index >= 15 is 0 Å². The first-order valence-corrected chi connectivity index (χ1v) is 8.91. The van der Waals surface area contributed by atoms with Crippen LogP contribution in [0.5, 0.6) is 0 Å². The molecule has 4 unspecified atom stereocenters. The summed E-state index contributed by atoms with van der Waals surface area (Å²) in [5.41, 5.74) is 5.06. The number of aliphatic hydroxyl groups is 1. The molecule has 1 rings (SSSR count). The lowest BCUT2D eigenvalue weighted by Gasteiger charge is -2.25. The van der Waals surface area contributed by atoms with Gasteiger partial charge in [0.2, 0.25) is 23.6 Å². The quantitative estimate of drug-likeness (QED) is 0.185. The molecule has 158 valence electrons. The molecular weight excluding hydrogens is 374 g/mol. The molecule has 1 heterocycles. The van der Waals surface area contributed by atoms with E-state index in [2.05, 4.69) is 21.3 Å². The minimum absolute atomic E-state index is 0.169. The fourth-order valence-corrected chi connectivity index (χ4v) is 2.67. The van der Waals surface area contributed by atoms with E-state index in [0.29, 0.717) is 13.0 Å². The minimum Gasteiger partial charge on any atom is -0.480 e. The minimum atomic E-state index is -1.33. The predicted molar refractivity (Wildman–Crippen MR) is 95.6 cm³/mol. The summed E-state index contributed by atoms with van der Waals surface area (Å²) >= 11 is 0. The number of rotatable bonds is 11. The number of carbonyl (C=O) groups excluding carboxylic acids is 4. The number of hydrogen-bond acceptors (Lipinski definition) is 7. The zero-order valence-electron chi connectivity index (χ0n) is 15.6. The lowest BCUT2D eigenvalue weighted by Crippen LogP contribution is -2.59. The molecule has 4 amide bonds. The van der Waals surface area contributed by atoms with Crippen LogP contribution in [0.4, 0.5) is 0 Å². The Morgan fingerprint density at radius 2 is 1.86 bits per heavy atom. The predicted octanol–water partition coefficient (Wildman–Crippen LogP) is -3.44. The van der Waals surface area contributed by atoms with Gasteiger partial charge in [0.15, 0.2) is 0 Å². The normalized spacial score (nSPS) is 19.1. The van der Waals surface area contributed by atoms with Crippen LogP contribution in [0.3, 0.4) is 0 Å². The molecule has 0 bridgehead atoms. The van der Waals surface area contributed by atoms with Crippen LogP contribution in [0.1, 0.15) is 32.6 Å². The van der Waals surface area contributed by atoms with Crippen molar-refractivity contribution in [1.82, 2.24) is 21.3 Å². The van der Waals surface area contributed by atoms with Gasteiger partial charge < -0.3 is 37.2 Å². The van der Waals surface area contributed by atoms with Crippen molar-refractivity contribution in [2.45, 2.75) is 56.8 Å². The molecule has 0 spiro atoms. The van der Waals surface area contributed by atoms with E-state index < -0.39 is 60.4 Å². The van der Waals surface area contributed by atoms with Crippen molar-refractivity contribution >= 4 is 29.6 Å². The van der Waals surface area contributed by atoms with Crippen molar-refractivity contribution < 1.29 is 34.2 Å². The third-order valence-corrected chi connectivity index (χ3v) is 4.17. The molecule has 0 aromatic heterocycles. The number of carboxylic acids is 1. The highest BCUT2D eigenvalue weighted by Gasteiger charge is 2.32. The van der Waals surface area contributed by atoms with Gasteiger partial charge in [-0.15, -0.1) is 0 Å². The zero-order valence-corrected chi connectivity index (χ0v) is 15.6. The van der Waals surface area contributed by atoms with E-state index in [1.165, 1.54) is 6.92 Å². The molecule has 1 aliphatic heterocycles. The molecule has 1 saturated heterocycles. The average Bonchev–Trinajstić information content (AvgIpc) is 3.14. The molecule has 0 radical (unpaired) electrons. The lowest BCUT2D eigenvalue weighted by molar-refractivity contribution is -0.139. The Morgan fingerprint density at radius 1 is 1.18 bits per heavy atom. The zero-order chi connectivity index (χ0) is 21.3. The van der Waals surface area contributed by atoms with E-state index in [4.69, 9.17) is 10.8 Å². The molecule has 1 aliphatic rings. The summed E-state index contributed by atoms with van der Waals surface area (Å²) in [6.45, 7) is 1.30. The number of amides is 4. The summed E-state index contributed by atoms with van der Waals surface area (Å²) in [5, 5.41) is 28.3. The molecule has 1 fully saturated rings. The number of carbonyl (C=O) groups is 5. The molecule has 0 saturated carbocycles. The van der Waals surface area contributed by atoms with Crippen LogP contribution in [0.15, 0.2) is 0 Å². The maximum Gasteiger partial charge on any atom is 0.322 e. The Labute approximate surface area is 161 Å². The Bertz CT molecular complexity index is 604. The molecule has 0 aromatic rings. The third kappa shape index (κ3) is 7.88. The average molecular weight is 401 g/mol. The molecule has 12 heteroatoms.